The van der Waals surface area contributed by atoms with Gasteiger partial charge in [0.2, 0.25) is 0 Å². The van der Waals surface area contributed by atoms with Crippen molar-refractivity contribution in [3.8, 4) is 0 Å². The fourth-order valence-electron chi connectivity index (χ4n) is 7.12. The highest BCUT2D eigenvalue weighted by molar-refractivity contribution is 5.91. The zero-order valence-corrected chi connectivity index (χ0v) is 15.3. The molecule has 0 bridgehead atoms. The van der Waals surface area contributed by atoms with Gasteiger partial charge < -0.3 is 10.2 Å². The van der Waals surface area contributed by atoms with Gasteiger partial charge in [-0.1, -0.05) is 38.8 Å². The highest BCUT2D eigenvalue weighted by Crippen LogP contribution is 2.67. The van der Waals surface area contributed by atoms with Gasteiger partial charge >= 0.3 is 0 Å². The van der Waals surface area contributed by atoms with Crippen LogP contribution in [-0.4, -0.2) is 27.7 Å². The minimum Gasteiger partial charge on any atom is -0.393 e. The smallest absolute Gasteiger partial charge is 0.165 e. The molecule has 3 nitrogen and oxygen atoms in total. The predicted molar refractivity (Wildman–Crippen MR) is 93.3 cm³/mol. The molecule has 0 amide bonds. The van der Waals surface area contributed by atoms with E-state index in [1.165, 1.54) is 5.57 Å². The van der Waals surface area contributed by atoms with Gasteiger partial charge in [0, 0.05) is 17.8 Å². The Hall–Kier alpha value is -0.670. The van der Waals surface area contributed by atoms with Gasteiger partial charge in [-0.15, -0.1) is 0 Å². The van der Waals surface area contributed by atoms with Crippen molar-refractivity contribution in [2.45, 2.75) is 83.8 Å². The summed E-state index contributed by atoms with van der Waals surface area (Å²) in [5, 5.41) is 21.8. The van der Waals surface area contributed by atoms with Crippen LogP contribution in [0.4, 0.5) is 0 Å². The summed E-state index contributed by atoms with van der Waals surface area (Å²) in [5.74, 6) is 0.858. The van der Waals surface area contributed by atoms with E-state index in [1.54, 1.807) is 0 Å². The molecule has 3 saturated carbocycles. The molecule has 24 heavy (non-hydrogen) atoms. The Balaban J connectivity index is 1.77. The normalized spacial score (nSPS) is 53.9. The summed E-state index contributed by atoms with van der Waals surface area (Å²) in [6.07, 6.45) is 9.06. The van der Waals surface area contributed by atoms with E-state index in [9.17, 15) is 15.0 Å². The largest absolute Gasteiger partial charge is 0.393 e. The highest BCUT2D eigenvalue weighted by atomic mass is 16.3. The minimum atomic E-state index is -1.14. The number of Topliss-reactive ketones (excluding diaryl/α,β-unsaturated/α-hetero) is 1. The molecule has 0 radical (unpaired) electrons. The van der Waals surface area contributed by atoms with Gasteiger partial charge in [0.25, 0.3) is 0 Å². The molecule has 0 aromatic heterocycles. The Morgan fingerprint density at radius 3 is 2.62 bits per heavy atom. The number of allylic oxidation sites excluding steroid dienone is 1. The van der Waals surface area contributed by atoms with Crippen molar-refractivity contribution in [2.24, 2.45) is 28.6 Å². The van der Waals surface area contributed by atoms with E-state index < -0.39 is 5.60 Å². The van der Waals surface area contributed by atoms with Gasteiger partial charge in [-0.05, 0) is 55.8 Å². The molecule has 134 valence electrons. The van der Waals surface area contributed by atoms with Gasteiger partial charge in [0.05, 0.1) is 6.10 Å². The first-order valence-electron chi connectivity index (χ1n) is 9.90. The lowest BCUT2D eigenvalue weighted by molar-refractivity contribution is -0.185. The first-order chi connectivity index (χ1) is 11.3. The lowest BCUT2D eigenvalue weighted by atomic mass is 9.45. The van der Waals surface area contributed by atoms with E-state index in [-0.39, 0.29) is 28.6 Å². The van der Waals surface area contributed by atoms with Crippen molar-refractivity contribution >= 4 is 5.78 Å². The number of carbonyl (C=O) groups is 1. The number of carbonyl (C=O) groups excluding carboxylic acids is 1. The summed E-state index contributed by atoms with van der Waals surface area (Å²) >= 11 is 0. The monoisotopic (exact) mass is 332 g/mol. The second kappa shape index (κ2) is 5.17. The molecule has 0 aromatic carbocycles. The first-order valence-corrected chi connectivity index (χ1v) is 9.90. The summed E-state index contributed by atoms with van der Waals surface area (Å²) in [6, 6.07) is 0. The van der Waals surface area contributed by atoms with E-state index in [4.69, 9.17) is 0 Å². The number of ketones is 1. The van der Waals surface area contributed by atoms with Crippen LogP contribution in [0.5, 0.6) is 0 Å². The lowest BCUT2D eigenvalue weighted by Crippen LogP contribution is -2.63. The van der Waals surface area contributed by atoms with Crippen LogP contribution < -0.4 is 0 Å². The van der Waals surface area contributed by atoms with Crippen LogP contribution in [0.1, 0.15) is 72.1 Å². The summed E-state index contributed by atoms with van der Waals surface area (Å²) < 4.78 is 0. The standard InChI is InChI=1S/C21H32O3/c1-4-13-12-18(23)21(24)17-6-5-14-11-15(22)7-9-19(14,2)16(17)8-10-20(13,21)3/h5,13,15-17,22,24H,4,6-12H2,1-3H3/t13-,15+,16?,17?,19+,20-,21-/m1/s1. The van der Waals surface area contributed by atoms with Crippen LogP contribution in [0.3, 0.4) is 0 Å². The highest BCUT2D eigenvalue weighted by Gasteiger charge is 2.69. The molecule has 0 heterocycles. The molecular formula is C21H32O3. The molecule has 0 aromatic rings. The average Bonchev–Trinajstić information content (AvgIpc) is 2.76. The molecule has 3 heteroatoms. The molecule has 0 spiro atoms. The van der Waals surface area contributed by atoms with Gasteiger partial charge in [-0.2, -0.15) is 0 Å². The van der Waals surface area contributed by atoms with Crippen LogP contribution in [0.2, 0.25) is 0 Å². The SMILES string of the molecule is CC[C@@H]1CC(=O)[C@]2(O)C3CC=C4C[C@@H](O)CC[C@]4(C)C3CC[C@]12C. The molecule has 3 fully saturated rings. The third-order valence-corrected chi connectivity index (χ3v) is 8.74. The number of aliphatic hydroxyl groups is 2. The van der Waals surface area contributed by atoms with Crippen molar-refractivity contribution in [1.29, 1.82) is 0 Å². The summed E-state index contributed by atoms with van der Waals surface area (Å²) in [5.41, 5.74) is 0.0457. The second-order valence-corrected chi connectivity index (χ2v) is 9.45. The van der Waals surface area contributed by atoms with Gasteiger partial charge in [0.1, 0.15) is 5.60 Å². The van der Waals surface area contributed by atoms with Gasteiger partial charge in [-0.25, -0.2) is 0 Å². The van der Waals surface area contributed by atoms with Gasteiger partial charge in [0.15, 0.2) is 5.78 Å². The molecule has 4 aliphatic carbocycles. The van der Waals surface area contributed by atoms with E-state index in [2.05, 4.69) is 26.8 Å². The zero-order valence-electron chi connectivity index (χ0n) is 15.3. The van der Waals surface area contributed by atoms with Crippen molar-refractivity contribution in [3.05, 3.63) is 11.6 Å². The maximum atomic E-state index is 13.0. The number of aliphatic hydroxyl groups excluding tert-OH is 1. The van der Waals surface area contributed by atoms with Crippen molar-refractivity contribution in [2.75, 3.05) is 0 Å². The van der Waals surface area contributed by atoms with E-state index >= 15 is 0 Å². The summed E-state index contributed by atoms with van der Waals surface area (Å²) in [4.78, 5) is 13.0. The maximum Gasteiger partial charge on any atom is 0.165 e. The quantitative estimate of drug-likeness (QED) is 0.721. The second-order valence-electron chi connectivity index (χ2n) is 9.45. The summed E-state index contributed by atoms with van der Waals surface area (Å²) in [6.45, 7) is 6.66. The molecule has 0 saturated heterocycles. The van der Waals surface area contributed by atoms with Crippen LogP contribution in [0.25, 0.3) is 0 Å². The predicted octanol–water partition coefficient (Wildman–Crippen LogP) is 3.63. The van der Waals surface area contributed by atoms with Crippen molar-refractivity contribution < 1.29 is 15.0 Å². The van der Waals surface area contributed by atoms with Gasteiger partial charge in [-0.3, -0.25) is 4.79 Å². The summed E-state index contributed by atoms with van der Waals surface area (Å²) in [7, 11) is 0. The fourth-order valence-corrected chi connectivity index (χ4v) is 7.12. The zero-order chi connectivity index (χ0) is 17.3. The molecule has 7 atom stereocenters. The maximum absolute atomic E-state index is 13.0. The number of fused-ring (bicyclic) bond motifs is 5. The Morgan fingerprint density at radius 1 is 1.17 bits per heavy atom. The Bertz CT molecular complexity index is 596. The van der Waals surface area contributed by atoms with Crippen LogP contribution >= 0.6 is 0 Å². The van der Waals surface area contributed by atoms with Crippen LogP contribution in [0, 0.1) is 28.6 Å². The molecule has 4 aliphatic rings. The minimum absolute atomic E-state index is 0.0593. The fraction of sp³-hybridized carbons (Fsp3) is 0.857. The molecule has 2 N–H and O–H groups in total. The van der Waals surface area contributed by atoms with E-state index in [0.717, 1.165) is 44.9 Å². The lowest BCUT2D eigenvalue weighted by Gasteiger charge is -2.60. The first kappa shape index (κ1) is 16.8. The third-order valence-electron chi connectivity index (χ3n) is 8.74. The third kappa shape index (κ3) is 1.83. The Kier molecular flexibility index (Phi) is 3.61. The molecule has 4 rings (SSSR count). The van der Waals surface area contributed by atoms with E-state index in [0.29, 0.717) is 18.3 Å². The van der Waals surface area contributed by atoms with Crippen molar-refractivity contribution in [1.82, 2.24) is 0 Å². The number of hydrogen-bond acceptors (Lipinski definition) is 3. The van der Waals surface area contributed by atoms with Crippen molar-refractivity contribution in [3.63, 3.8) is 0 Å². The Morgan fingerprint density at radius 2 is 1.92 bits per heavy atom. The van der Waals surface area contributed by atoms with Crippen LogP contribution in [-0.2, 0) is 4.79 Å². The topological polar surface area (TPSA) is 57.5 Å². The average molecular weight is 332 g/mol. The number of hydrogen-bond donors (Lipinski definition) is 2. The number of rotatable bonds is 1. The molecule has 2 unspecified atom stereocenters. The van der Waals surface area contributed by atoms with E-state index in [1.807, 2.05) is 0 Å². The van der Waals surface area contributed by atoms with Crippen LogP contribution in [0.15, 0.2) is 11.6 Å². The molecular weight excluding hydrogens is 300 g/mol. The Labute approximate surface area is 145 Å². The molecule has 0 aliphatic heterocycles.